The summed E-state index contributed by atoms with van der Waals surface area (Å²) in [5, 5.41) is 0. The summed E-state index contributed by atoms with van der Waals surface area (Å²) < 4.78 is 11.5. The third-order valence-corrected chi connectivity index (χ3v) is 8.62. The number of hydrogen-bond donors (Lipinski definition) is 0. The molecule has 1 fully saturated rings. The molecule has 1 rings (SSSR count). The smallest absolute Gasteiger partial charge is 0.247 e. The van der Waals surface area contributed by atoms with E-state index in [-0.39, 0.29) is 5.91 Å². The highest BCUT2D eigenvalue weighted by molar-refractivity contribution is 8.68. The van der Waals surface area contributed by atoms with E-state index in [0.717, 1.165) is 32.2 Å². The molecule has 0 unspecified atom stereocenters. The predicted octanol–water partition coefficient (Wildman–Crippen LogP) is 4.20. The summed E-state index contributed by atoms with van der Waals surface area (Å²) in [5.74, 6) is 0.538. The number of amides is 1. The third-order valence-electron chi connectivity index (χ3n) is 3.38. The molecule has 7 heteroatoms. The van der Waals surface area contributed by atoms with Gasteiger partial charge in [0.25, 0.3) is 0 Å². The van der Waals surface area contributed by atoms with Gasteiger partial charge in [-0.1, -0.05) is 25.2 Å². The van der Waals surface area contributed by atoms with Gasteiger partial charge in [0, 0.05) is 12.6 Å². The Morgan fingerprint density at radius 3 is 2.43 bits per heavy atom. The van der Waals surface area contributed by atoms with Crippen LogP contribution in [0.1, 0.15) is 52.9 Å². The molecule has 0 spiro atoms. The minimum Gasteiger partial charge on any atom is -0.339 e. The Morgan fingerprint density at radius 2 is 1.90 bits per heavy atom. The Labute approximate surface area is 138 Å². The summed E-state index contributed by atoms with van der Waals surface area (Å²) in [7, 11) is 0. The van der Waals surface area contributed by atoms with E-state index < -0.39 is 5.69 Å². The van der Waals surface area contributed by atoms with E-state index in [1.165, 1.54) is 17.8 Å². The van der Waals surface area contributed by atoms with Gasteiger partial charge in [-0.05, 0) is 50.8 Å². The van der Waals surface area contributed by atoms with E-state index in [0.29, 0.717) is 25.0 Å². The standard InChI is InChI=1S/C14H28NO3PS2/c1-4-10-17-19(20,18-11-5-2)21-12-14(16)15-9-7-6-8-13(15)3/h13H,4-12H2,1-3H3/t13-/m0/s1. The zero-order valence-electron chi connectivity index (χ0n) is 13.4. The fourth-order valence-corrected chi connectivity index (χ4v) is 6.30. The van der Waals surface area contributed by atoms with Gasteiger partial charge in [-0.2, -0.15) is 0 Å². The van der Waals surface area contributed by atoms with Crippen molar-refractivity contribution in [1.82, 2.24) is 4.90 Å². The van der Waals surface area contributed by atoms with Gasteiger partial charge in [-0.25, -0.2) is 0 Å². The van der Waals surface area contributed by atoms with Crippen molar-refractivity contribution in [2.75, 3.05) is 25.5 Å². The van der Waals surface area contributed by atoms with E-state index in [4.69, 9.17) is 20.9 Å². The molecule has 1 amide bonds. The van der Waals surface area contributed by atoms with E-state index in [1.54, 1.807) is 0 Å². The van der Waals surface area contributed by atoms with Gasteiger partial charge in [0.15, 0.2) is 0 Å². The molecule has 0 radical (unpaired) electrons. The van der Waals surface area contributed by atoms with Crippen LogP contribution in [0, 0.1) is 0 Å². The Balaban J connectivity index is 2.50. The Bertz CT molecular complexity index is 356. The average Bonchev–Trinajstić information content (AvgIpc) is 2.49. The predicted molar refractivity (Wildman–Crippen MR) is 94.3 cm³/mol. The van der Waals surface area contributed by atoms with Crippen LogP contribution in [0.2, 0.25) is 0 Å². The van der Waals surface area contributed by atoms with Crippen LogP contribution in [0.25, 0.3) is 0 Å². The van der Waals surface area contributed by atoms with Gasteiger partial charge in [0.2, 0.25) is 11.6 Å². The van der Waals surface area contributed by atoms with Gasteiger partial charge >= 0.3 is 0 Å². The number of likely N-dealkylation sites (tertiary alicyclic amines) is 1. The van der Waals surface area contributed by atoms with Crippen LogP contribution in [0.5, 0.6) is 0 Å². The maximum atomic E-state index is 12.4. The fourth-order valence-electron chi connectivity index (χ4n) is 2.20. The molecule has 1 atom stereocenters. The summed E-state index contributed by atoms with van der Waals surface area (Å²) >= 11 is 6.94. The summed E-state index contributed by atoms with van der Waals surface area (Å²) in [6.07, 6.45) is 5.24. The monoisotopic (exact) mass is 353 g/mol. The molecule has 0 N–H and O–H groups in total. The lowest BCUT2D eigenvalue weighted by atomic mass is 10.0. The highest BCUT2D eigenvalue weighted by Crippen LogP contribution is 2.61. The highest BCUT2D eigenvalue weighted by atomic mass is 32.9. The third kappa shape index (κ3) is 7.00. The van der Waals surface area contributed by atoms with Crippen LogP contribution in [-0.4, -0.2) is 42.4 Å². The van der Waals surface area contributed by atoms with Gasteiger partial charge in [-0.3, -0.25) is 4.79 Å². The van der Waals surface area contributed by atoms with Crippen LogP contribution in [0.4, 0.5) is 0 Å². The van der Waals surface area contributed by atoms with Gasteiger partial charge in [-0.15, -0.1) is 0 Å². The molecule has 0 aliphatic carbocycles. The fraction of sp³-hybridized carbons (Fsp3) is 0.929. The summed E-state index contributed by atoms with van der Waals surface area (Å²) in [4.78, 5) is 14.4. The average molecular weight is 353 g/mol. The van der Waals surface area contributed by atoms with Crippen molar-refractivity contribution in [3.8, 4) is 0 Å². The molecule has 1 aliphatic rings. The second-order valence-corrected chi connectivity index (χ2v) is 11.6. The number of carbonyl (C=O) groups excluding carboxylic acids is 1. The lowest BCUT2D eigenvalue weighted by molar-refractivity contribution is -0.131. The largest absolute Gasteiger partial charge is 0.339 e. The van der Waals surface area contributed by atoms with Crippen molar-refractivity contribution >= 4 is 34.8 Å². The van der Waals surface area contributed by atoms with Crippen LogP contribution < -0.4 is 0 Å². The molecular formula is C14H28NO3PS2. The van der Waals surface area contributed by atoms with Crippen LogP contribution in [0.15, 0.2) is 0 Å². The SMILES string of the molecule is CCCOP(=S)(OCCC)SCC(=O)N1CCCC[C@@H]1C. The zero-order chi connectivity index (χ0) is 15.7. The molecule has 124 valence electrons. The van der Waals surface area contributed by atoms with E-state index in [2.05, 4.69) is 6.92 Å². The summed E-state index contributed by atoms with van der Waals surface area (Å²) in [6.45, 7) is 8.29. The van der Waals surface area contributed by atoms with Gasteiger partial charge in [0.1, 0.15) is 0 Å². The first kappa shape index (κ1) is 19.4. The maximum absolute atomic E-state index is 12.4. The first-order valence-corrected chi connectivity index (χ1v) is 12.1. The molecule has 1 saturated heterocycles. The Kier molecular flexibility index (Phi) is 9.46. The van der Waals surface area contributed by atoms with Crippen LogP contribution in [0.3, 0.4) is 0 Å². The quantitative estimate of drug-likeness (QED) is 0.581. The minimum atomic E-state index is -2.37. The lowest BCUT2D eigenvalue weighted by Gasteiger charge is -2.33. The van der Waals surface area contributed by atoms with Gasteiger partial charge < -0.3 is 13.9 Å². The van der Waals surface area contributed by atoms with Crippen LogP contribution >= 0.6 is 17.1 Å². The van der Waals surface area contributed by atoms with E-state index in [1.807, 2.05) is 18.7 Å². The van der Waals surface area contributed by atoms with Crippen molar-refractivity contribution in [3.05, 3.63) is 0 Å². The topological polar surface area (TPSA) is 38.8 Å². The van der Waals surface area contributed by atoms with Crippen molar-refractivity contribution in [2.24, 2.45) is 0 Å². The molecular weight excluding hydrogens is 325 g/mol. The molecule has 21 heavy (non-hydrogen) atoms. The Hall–Kier alpha value is 0.390. The molecule has 0 bridgehead atoms. The van der Waals surface area contributed by atoms with Crippen molar-refractivity contribution in [2.45, 2.75) is 58.9 Å². The summed E-state index contributed by atoms with van der Waals surface area (Å²) in [5.41, 5.74) is -2.37. The van der Waals surface area contributed by atoms with Crippen molar-refractivity contribution < 1.29 is 13.8 Å². The number of hydrogen-bond acceptors (Lipinski definition) is 5. The lowest BCUT2D eigenvalue weighted by Crippen LogP contribution is -2.42. The molecule has 0 aromatic heterocycles. The normalized spacial score (nSPS) is 19.8. The number of piperidine rings is 1. The van der Waals surface area contributed by atoms with Gasteiger partial charge in [0.05, 0.1) is 19.0 Å². The highest BCUT2D eigenvalue weighted by Gasteiger charge is 2.27. The number of nitrogens with zero attached hydrogens (tertiary/aromatic N) is 1. The second kappa shape index (κ2) is 10.2. The van der Waals surface area contributed by atoms with Crippen molar-refractivity contribution in [3.63, 3.8) is 0 Å². The second-order valence-electron chi connectivity index (χ2n) is 5.32. The van der Waals surface area contributed by atoms with Crippen LogP contribution in [-0.2, 0) is 25.6 Å². The first-order chi connectivity index (χ1) is 10.0. The molecule has 1 aliphatic heterocycles. The molecule has 4 nitrogen and oxygen atoms in total. The van der Waals surface area contributed by atoms with E-state index in [9.17, 15) is 4.79 Å². The first-order valence-electron chi connectivity index (χ1n) is 7.85. The number of rotatable bonds is 9. The molecule has 0 aromatic carbocycles. The maximum Gasteiger partial charge on any atom is 0.247 e. The summed E-state index contributed by atoms with van der Waals surface area (Å²) in [6, 6.07) is 0.345. The number of carbonyl (C=O) groups is 1. The zero-order valence-corrected chi connectivity index (χ0v) is 15.9. The van der Waals surface area contributed by atoms with Crippen molar-refractivity contribution in [1.29, 1.82) is 0 Å². The Morgan fingerprint density at radius 1 is 1.29 bits per heavy atom. The molecule has 0 aromatic rings. The minimum absolute atomic E-state index is 0.168. The molecule has 1 heterocycles. The molecule has 0 saturated carbocycles. The van der Waals surface area contributed by atoms with E-state index >= 15 is 0 Å².